The molecule has 2 aromatic rings. The SMILES string of the molecule is CN=C(NCc1ccccc1OC)NCC(C)c1cccc(C)c1.I. The van der Waals surface area contributed by atoms with E-state index in [4.69, 9.17) is 4.74 Å². The molecule has 0 saturated carbocycles. The Bertz CT molecular complexity index is 688. The fraction of sp³-hybridized carbons (Fsp3) is 0.350. The van der Waals surface area contributed by atoms with Crippen LogP contribution in [0.4, 0.5) is 0 Å². The van der Waals surface area contributed by atoms with Crippen LogP contribution in [0.25, 0.3) is 0 Å². The lowest BCUT2D eigenvalue weighted by atomic mass is 9.99. The Balaban J connectivity index is 0.00000312. The molecule has 1 atom stereocenters. The van der Waals surface area contributed by atoms with Gasteiger partial charge in [0.25, 0.3) is 0 Å². The van der Waals surface area contributed by atoms with E-state index in [0.29, 0.717) is 12.5 Å². The number of halogens is 1. The number of ether oxygens (including phenoxy) is 1. The minimum Gasteiger partial charge on any atom is -0.496 e. The number of nitrogens with zero attached hydrogens (tertiary/aromatic N) is 1. The van der Waals surface area contributed by atoms with Crippen molar-refractivity contribution in [2.75, 3.05) is 20.7 Å². The monoisotopic (exact) mass is 453 g/mol. The molecule has 5 heteroatoms. The van der Waals surface area contributed by atoms with Crippen LogP contribution in [-0.2, 0) is 6.54 Å². The molecule has 1 unspecified atom stereocenters. The molecule has 2 N–H and O–H groups in total. The molecule has 0 radical (unpaired) electrons. The zero-order valence-electron chi connectivity index (χ0n) is 15.4. The van der Waals surface area contributed by atoms with Gasteiger partial charge in [0, 0.05) is 25.7 Å². The summed E-state index contributed by atoms with van der Waals surface area (Å²) in [5, 5.41) is 6.73. The third-order valence-corrected chi connectivity index (χ3v) is 4.05. The summed E-state index contributed by atoms with van der Waals surface area (Å²) in [6, 6.07) is 16.6. The van der Waals surface area contributed by atoms with Gasteiger partial charge in [0.05, 0.1) is 7.11 Å². The van der Waals surface area contributed by atoms with Crippen LogP contribution < -0.4 is 15.4 Å². The van der Waals surface area contributed by atoms with Crippen LogP contribution in [0.15, 0.2) is 53.5 Å². The molecule has 0 aromatic heterocycles. The minimum atomic E-state index is 0. The van der Waals surface area contributed by atoms with Gasteiger partial charge in [0.1, 0.15) is 5.75 Å². The third kappa shape index (κ3) is 6.57. The highest BCUT2D eigenvalue weighted by molar-refractivity contribution is 14.0. The van der Waals surface area contributed by atoms with Crippen molar-refractivity contribution < 1.29 is 4.74 Å². The summed E-state index contributed by atoms with van der Waals surface area (Å²) in [4.78, 5) is 4.30. The largest absolute Gasteiger partial charge is 0.496 e. The van der Waals surface area contributed by atoms with Crippen molar-refractivity contribution in [3.05, 3.63) is 65.2 Å². The van der Waals surface area contributed by atoms with Crippen LogP contribution in [0.5, 0.6) is 5.75 Å². The first-order valence-corrected chi connectivity index (χ1v) is 8.27. The maximum atomic E-state index is 5.38. The van der Waals surface area contributed by atoms with Gasteiger partial charge in [-0.25, -0.2) is 0 Å². The highest BCUT2D eigenvalue weighted by Crippen LogP contribution is 2.17. The molecule has 2 rings (SSSR count). The second kappa shape index (κ2) is 11.0. The summed E-state index contributed by atoms with van der Waals surface area (Å²) >= 11 is 0. The van der Waals surface area contributed by atoms with Gasteiger partial charge in [-0.15, -0.1) is 24.0 Å². The Morgan fingerprint density at radius 3 is 2.56 bits per heavy atom. The number of guanidine groups is 1. The molecule has 4 nitrogen and oxygen atoms in total. The number of rotatable bonds is 6. The van der Waals surface area contributed by atoms with Crippen LogP contribution in [0.2, 0.25) is 0 Å². The maximum Gasteiger partial charge on any atom is 0.191 e. The predicted molar refractivity (Wildman–Crippen MR) is 116 cm³/mol. The number of hydrogen-bond acceptors (Lipinski definition) is 2. The van der Waals surface area contributed by atoms with Crippen molar-refractivity contribution in [2.45, 2.75) is 26.3 Å². The summed E-state index contributed by atoms with van der Waals surface area (Å²) in [5.74, 6) is 2.09. The van der Waals surface area contributed by atoms with Crippen LogP contribution in [0.1, 0.15) is 29.5 Å². The van der Waals surface area contributed by atoms with Gasteiger partial charge in [-0.3, -0.25) is 4.99 Å². The van der Waals surface area contributed by atoms with E-state index < -0.39 is 0 Å². The number of hydrogen-bond donors (Lipinski definition) is 2. The lowest BCUT2D eigenvalue weighted by molar-refractivity contribution is 0.409. The van der Waals surface area contributed by atoms with Crippen molar-refractivity contribution in [3.63, 3.8) is 0 Å². The molecule has 0 saturated heterocycles. The van der Waals surface area contributed by atoms with E-state index >= 15 is 0 Å². The van der Waals surface area contributed by atoms with E-state index in [2.05, 4.69) is 59.8 Å². The normalized spacial score (nSPS) is 12.1. The van der Waals surface area contributed by atoms with Crippen LogP contribution in [-0.4, -0.2) is 26.7 Å². The predicted octanol–water partition coefficient (Wildman–Crippen LogP) is 4.09. The van der Waals surface area contributed by atoms with Crippen molar-refractivity contribution >= 4 is 29.9 Å². The van der Waals surface area contributed by atoms with Crippen LogP contribution in [0, 0.1) is 6.92 Å². The summed E-state index contributed by atoms with van der Waals surface area (Å²) < 4.78 is 5.38. The smallest absolute Gasteiger partial charge is 0.191 e. The van der Waals surface area contributed by atoms with E-state index in [0.717, 1.165) is 23.8 Å². The van der Waals surface area contributed by atoms with Crippen molar-refractivity contribution in [1.82, 2.24) is 10.6 Å². The molecule has 0 aliphatic heterocycles. The molecule has 25 heavy (non-hydrogen) atoms. The molecule has 0 amide bonds. The summed E-state index contributed by atoms with van der Waals surface area (Å²) in [7, 11) is 3.48. The van der Waals surface area contributed by atoms with Gasteiger partial charge in [0.2, 0.25) is 0 Å². The van der Waals surface area contributed by atoms with Gasteiger partial charge in [-0.1, -0.05) is 55.0 Å². The van der Waals surface area contributed by atoms with Gasteiger partial charge in [0.15, 0.2) is 5.96 Å². The summed E-state index contributed by atoms with van der Waals surface area (Å²) in [5.41, 5.74) is 3.73. The van der Waals surface area contributed by atoms with Crippen molar-refractivity contribution in [2.24, 2.45) is 4.99 Å². The number of nitrogens with one attached hydrogen (secondary N) is 2. The Hall–Kier alpha value is -1.76. The molecule has 0 heterocycles. The highest BCUT2D eigenvalue weighted by atomic mass is 127. The number of aryl methyl sites for hydroxylation is 1. The molecule has 136 valence electrons. The average molecular weight is 453 g/mol. The first-order chi connectivity index (χ1) is 11.6. The second-order valence-electron chi connectivity index (χ2n) is 5.93. The molecular weight excluding hydrogens is 425 g/mol. The Kier molecular flexibility index (Phi) is 9.34. The molecule has 0 fully saturated rings. The third-order valence-electron chi connectivity index (χ3n) is 4.05. The Labute approximate surface area is 168 Å². The first kappa shape index (κ1) is 21.3. The van der Waals surface area contributed by atoms with E-state index in [-0.39, 0.29) is 24.0 Å². The fourth-order valence-electron chi connectivity index (χ4n) is 2.59. The average Bonchev–Trinajstić information content (AvgIpc) is 2.62. The van der Waals surface area contributed by atoms with E-state index in [9.17, 15) is 0 Å². The summed E-state index contributed by atoms with van der Waals surface area (Å²) in [6.45, 7) is 5.84. The topological polar surface area (TPSA) is 45.7 Å². The van der Waals surface area contributed by atoms with Gasteiger partial charge in [-0.05, 0) is 24.5 Å². The fourth-order valence-corrected chi connectivity index (χ4v) is 2.59. The van der Waals surface area contributed by atoms with E-state index in [1.165, 1.54) is 11.1 Å². The zero-order chi connectivity index (χ0) is 17.4. The Morgan fingerprint density at radius 1 is 1.12 bits per heavy atom. The Morgan fingerprint density at radius 2 is 1.88 bits per heavy atom. The maximum absolute atomic E-state index is 5.38. The molecule has 2 aromatic carbocycles. The second-order valence-corrected chi connectivity index (χ2v) is 5.93. The van der Waals surface area contributed by atoms with E-state index in [1.54, 1.807) is 14.2 Å². The van der Waals surface area contributed by atoms with Crippen LogP contribution >= 0.6 is 24.0 Å². The summed E-state index contributed by atoms with van der Waals surface area (Å²) in [6.07, 6.45) is 0. The standard InChI is InChI=1S/C20H27N3O.HI/c1-15-8-7-10-17(12-15)16(2)13-22-20(21-3)23-14-18-9-5-6-11-19(18)24-4;/h5-12,16H,13-14H2,1-4H3,(H2,21,22,23);1H. The molecule has 0 spiro atoms. The molecule has 0 aliphatic carbocycles. The van der Waals surface area contributed by atoms with Crippen molar-refractivity contribution in [1.29, 1.82) is 0 Å². The quantitative estimate of drug-likeness (QED) is 0.394. The number of para-hydroxylation sites is 1. The lowest BCUT2D eigenvalue weighted by Crippen LogP contribution is -2.38. The lowest BCUT2D eigenvalue weighted by Gasteiger charge is -2.17. The molecular formula is C20H28IN3O. The first-order valence-electron chi connectivity index (χ1n) is 8.27. The van der Waals surface area contributed by atoms with Gasteiger partial charge >= 0.3 is 0 Å². The minimum absolute atomic E-state index is 0. The zero-order valence-corrected chi connectivity index (χ0v) is 17.7. The van der Waals surface area contributed by atoms with Gasteiger partial charge in [-0.2, -0.15) is 0 Å². The number of benzene rings is 2. The molecule has 0 bridgehead atoms. The molecule has 0 aliphatic rings. The highest BCUT2D eigenvalue weighted by Gasteiger charge is 2.08. The van der Waals surface area contributed by atoms with Gasteiger partial charge < -0.3 is 15.4 Å². The number of methoxy groups -OCH3 is 1. The van der Waals surface area contributed by atoms with E-state index in [1.807, 2.05) is 18.2 Å². The van der Waals surface area contributed by atoms with Crippen molar-refractivity contribution in [3.8, 4) is 5.75 Å². The van der Waals surface area contributed by atoms with Crippen LogP contribution in [0.3, 0.4) is 0 Å². The number of aliphatic imine (C=N–C) groups is 1.